The summed E-state index contributed by atoms with van der Waals surface area (Å²) in [5, 5.41) is 0. The molecule has 0 spiro atoms. The Bertz CT molecular complexity index is 378. The number of allylic oxidation sites excluding steroid dienone is 6. The molecule has 1 nitrogen and oxygen atoms in total. The van der Waals surface area contributed by atoms with E-state index < -0.39 is 0 Å². The zero-order valence-corrected chi connectivity index (χ0v) is 10.8. The highest BCUT2D eigenvalue weighted by atomic mass is 16.1. The van der Waals surface area contributed by atoms with Crippen molar-refractivity contribution < 1.29 is 4.79 Å². The van der Waals surface area contributed by atoms with Crippen molar-refractivity contribution in [3.8, 4) is 0 Å². The Hall–Kier alpha value is -1.11. The quantitative estimate of drug-likeness (QED) is 0.638. The van der Waals surface area contributed by atoms with E-state index in [0.717, 1.165) is 17.6 Å². The number of hydrogen-bond acceptors (Lipinski definition) is 1. The predicted molar refractivity (Wildman–Crippen MR) is 69.0 cm³/mol. The molecule has 0 aromatic heterocycles. The molecule has 0 unspecified atom stereocenters. The first-order valence-corrected chi connectivity index (χ1v) is 5.77. The third-order valence-electron chi connectivity index (χ3n) is 3.36. The molecule has 0 fully saturated rings. The third-order valence-corrected chi connectivity index (χ3v) is 3.36. The van der Waals surface area contributed by atoms with Crippen LogP contribution in [-0.4, -0.2) is 5.78 Å². The van der Waals surface area contributed by atoms with Gasteiger partial charge in [0.15, 0.2) is 5.78 Å². The van der Waals surface area contributed by atoms with Crippen LogP contribution in [-0.2, 0) is 4.79 Å². The molecule has 0 saturated carbocycles. The van der Waals surface area contributed by atoms with Crippen molar-refractivity contribution in [1.29, 1.82) is 0 Å². The van der Waals surface area contributed by atoms with Crippen LogP contribution in [0.5, 0.6) is 0 Å². The molecule has 0 aliphatic heterocycles. The second-order valence-corrected chi connectivity index (χ2v) is 5.13. The van der Waals surface area contributed by atoms with Gasteiger partial charge >= 0.3 is 0 Å². The minimum Gasteiger partial charge on any atom is -0.295 e. The van der Waals surface area contributed by atoms with Gasteiger partial charge < -0.3 is 0 Å². The zero-order valence-electron chi connectivity index (χ0n) is 10.8. The number of carbonyl (C=O) groups excluding carboxylic acids is 1. The Morgan fingerprint density at radius 2 is 2.06 bits per heavy atom. The minimum absolute atomic E-state index is 0.107. The highest BCUT2D eigenvalue weighted by molar-refractivity contribution is 5.97. The number of hydrogen-bond donors (Lipinski definition) is 0. The number of rotatable bonds is 2. The Morgan fingerprint density at radius 1 is 1.44 bits per heavy atom. The van der Waals surface area contributed by atoms with Gasteiger partial charge in [-0.1, -0.05) is 37.6 Å². The maximum atomic E-state index is 11.7. The molecular weight excluding hydrogens is 196 g/mol. The summed E-state index contributed by atoms with van der Waals surface area (Å²) in [6.45, 7) is 12.1. The minimum atomic E-state index is 0.107. The molecule has 0 heterocycles. The van der Waals surface area contributed by atoms with Crippen molar-refractivity contribution in [1.82, 2.24) is 0 Å². The average Bonchev–Trinajstić information content (AvgIpc) is 2.23. The van der Waals surface area contributed by atoms with E-state index in [0.29, 0.717) is 6.42 Å². The van der Waals surface area contributed by atoms with Gasteiger partial charge in [0.25, 0.3) is 0 Å². The van der Waals surface area contributed by atoms with Crippen molar-refractivity contribution in [2.24, 2.45) is 5.41 Å². The average molecular weight is 217 g/mol. The van der Waals surface area contributed by atoms with E-state index >= 15 is 0 Å². The standard InChI is InChI=1S/C15H21O/c1-6-11(2)7-8-13-12(3)14(16)9-10-15(13,4)5/h6-8H,1,9-10H2,2-5H3/b8-7+,11-6+. The fourth-order valence-electron chi connectivity index (χ4n) is 2.04. The van der Waals surface area contributed by atoms with Gasteiger partial charge in [-0.3, -0.25) is 4.79 Å². The van der Waals surface area contributed by atoms with E-state index in [-0.39, 0.29) is 11.2 Å². The molecule has 1 radical (unpaired) electrons. The van der Waals surface area contributed by atoms with E-state index in [4.69, 9.17) is 0 Å². The molecule has 0 bridgehead atoms. The molecule has 0 saturated heterocycles. The van der Waals surface area contributed by atoms with Gasteiger partial charge in [0.2, 0.25) is 0 Å². The van der Waals surface area contributed by atoms with Gasteiger partial charge in [-0.15, -0.1) is 0 Å². The van der Waals surface area contributed by atoms with Gasteiger partial charge in [0, 0.05) is 6.42 Å². The molecular formula is C15H21O. The first-order chi connectivity index (χ1) is 7.38. The van der Waals surface area contributed by atoms with Crippen LogP contribution < -0.4 is 0 Å². The Balaban J connectivity index is 3.10. The lowest BCUT2D eigenvalue weighted by molar-refractivity contribution is -0.116. The maximum absolute atomic E-state index is 11.7. The SMILES string of the molecule is [CH2]/C=C(C)/C=C/C1=C(C)C(=O)CCC1(C)C. The molecule has 1 rings (SSSR count). The van der Waals surface area contributed by atoms with Crippen molar-refractivity contribution in [2.45, 2.75) is 40.5 Å². The fraction of sp³-hybridized carbons (Fsp3) is 0.467. The Kier molecular flexibility index (Phi) is 3.90. The van der Waals surface area contributed by atoms with Gasteiger partial charge in [-0.25, -0.2) is 0 Å². The van der Waals surface area contributed by atoms with Gasteiger partial charge in [0.1, 0.15) is 0 Å². The van der Waals surface area contributed by atoms with Crippen LogP contribution in [0, 0.1) is 12.3 Å². The summed E-state index contributed by atoms with van der Waals surface area (Å²) in [5.74, 6) is 0.287. The largest absolute Gasteiger partial charge is 0.295 e. The van der Waals surface area contributed by atoms with Gasteiger partial charge in [0.05, 0.1) is 0 Å². The molecule has 0 aromatic rings. The normalized spacial score (nSPS) is 22.1. The van der Waals surface area contributed by atoms with E-state index in [9.17, 15) is 4.79 Å². The highest BCUT2D eigenvalue weighted by Gasteiger charge is 2.30. The summed E-state index contributed by atoms with van der Waals surface area (Å²) < 4.78 is 0. The summed E-state index contributed by atoms with van der Waals surface area (Å²) in [6, 6.07) is 0. The van der Waals surface area contributed by atoms with Crippen molar-refractivity contribution in [3.05, 3.63) is 41.9 Å². The first kappa shape index (κ1) is 13.0. The smallest absolute Gasteiger partial charge is 0.158 e. The molecule has 1 aliphatic carbocycles. The maximum Gasteiger partial charge on any atom is 0.158 e. The van der Waals surface area contributed by atoms with Crippen LogP contribution in [0.4, 0.5) is 0 Å². The monoisotopic (exact) mass is 217 g/mol. The first-order valence-electron chi connectivity index (χ1n) is 5.77. The number of Topliss-reactive ketones (excluding diaryl/α,β-unsaturated/α-hetero) is 1. The van der Waals surface area contributed by atoms with E-state index in [2.05, 4.69) is 26.8 Å². The second kappa shape index (κ2) is 4.82. The number of carbonyl (C=O) groups is 1. The van der Waals surface area contributed by atoms with Crippen molar-refractivity contribution in [2.75, 3.05) is 0 Å². The van der Waals surface area contributed by atoms with E-state index in [1.54, 1.807) is 0 Å². The van der Waals surface area contributed by atoms with Crippen LogP contribution in [0.2, 0.25) is 0 Å². The molecule has 0 amide bonds. The van der Waals surface area contributed by atoms with Crippen LogP contribution in [0.15, 0.2) is 34.9 Å². The summed E-state index contributed by atoms with van der Waals surface area (Å²) in [5.41, 5.74) is 3.32. The van der Waals surface area contributed by atoms with Crippen LogP contribution >= 0.6 is 0 Å². The molecule has 1 heteroatoms. The summed E-state index contributed by atoms with van der Waals surface area (Å²) >= 11 is 0. The molecule has 16 heavy (non-hydrogen) atoms. The Labute approximate surface area is 98.9 Å². The lowest BCUT2D eigenvalue weighted by atomic mass is 9.72. The van der Waals surface area contributed by atoms with Gasteiger partial charge in [-0.2, -0.15) is 0 Å². The summed E-state index contributed by atoms with van der Waals surface area (Å²) in [7, 11) is 0. The molecule has 0 aromatic carbocycles. The molecule has 0 atom stereocenters. The Morgan fingerprint density at radius 3 is 2.62 bits per heavy atom. The fourth-order valence-corrected chi connectivity index (χ4v) is 2.04. The van der Waals surface area contributed by atoms with Crippen LogP contribution in [0.25, 0.3) is 0 Å². The van der Waals surface area contributed by atoms with Crippen molar-refractivity contribution >= 4 is 5.78 Å². The molecule has 87 valence electrons. The molecule has 0 N–H and O–H groups in total. The van der Waals surface area contributed by atoms with E-state index in [1.807, 2.05) is 26.0 Å². The van der Waals surface area contributed by atoms with Crippen LogP contribution in [0.3, 0.4) is 0 Å². The lowest BCUT2D eigenvalue weighted by Gasteiger charge is -2.32. The van der Waals surface area contributed by atoms with Crippen molar-refractivity contribution in [3.63, 3.8) is 0 Å². The highest BCUT2D eigenvalue weighted by Crippen LogP contribution is 2.39. The second-order valence-electron chi connectivity index (χ2n) is 5.13. The van der Waals surface area contributed by atoms with Crippen LogP contribution in [0.1, 0.15) is 40.5 Å². The summed E-state index contributed by atoms with van der Waals surface area (Å²) in [6.07, 6.45) is 7.55. The predicted octanol–water partition coefficient (Wildman–Crippen LogP) is 4.03. The topological polar surface area (TPSA) is 17.1 Å². The summed E-state index contributed by atoms with van der Waals surface area (Å²) in [4.78, 5) is 11.7. The molecule has 1 aliphatic rings. The lowest BCUT2D eigenvalue weighted by Crippen LogP contribution is -2.24. The third kappa shape index (κ3) is 2.72. The van der Waals surface area contributed by atoms with E-state index in [1.165, 1.54) is 5.57 Å². The van der Waals surface area contributed by atoms with Gasteiger partial charge in [-0.05, 0) is 43.8 Å². The number of ketones is 1. The zero-order chi connectivity index (χ0) is 12.3.